The van der Waals surface area contributed by atoms with E-state index in [1.165, 1.54) is 16.8 Å². The average Bonchev–Trinajstić information content (AvgIpc) is 3.17. The van der Waals surface area contributed by atoms with Gasteiger partial charge in [0.1, 0.15) is 0 Å². The lowest BCUT2D eigenvalue weighted by Crippen LogP contribution is -2.19. The zero-order valence-electron chi connectivity index (χ0n) is 11.7. The van der Waals surface area contributed by atoms with Crippen molar-refractivity contribution in [3.05, 3.63) is 71.9 Å². The summed E-state index contributed by atoms with van der Waals surface area (Å²) in [6, 6.07) is 19.7. The Hall–Kier alpha value is -2.55. The fraction of sp³-hybridized carbons (Fsp3) is 0.167. The van der Waals surface area contributed by atoms with Gasteiger partial charge in [-0.25, -0.2) is 0 Å². The molecule has 0 fully saturated rings. The van der Waals surface area contributed by atoms with Crippen molar-refractivity contribution < 1.29 is 0 Å². The molecule has 1 heterocycles. The predicted molar refractivity (Wildman–Crippen MR) is 85.3 cm³/mol. The van der Waals surface area contributed by atoms with Gasteiger partial charge in [0.05, 0.1) is 5.69 Å². The summed E-state index contributed by atoms with van der Waals surface area (Å²) in [5.74, 6) is 0. The quantitative estimate of drug-likeness (QED) is 0.766. The molecule has 0 saturated carbocycles. The van der Waals surface area contributed by atoms with Crippen LogP contribution in [-0.4, -0.2) is 16.2 Å². The normalized spacial score (nSPS) is 14.1. The first kappa shape index (κ1) is 12.2. The van der Waals surface area contributed by atoms with E-state index in [0.29, 0.717) is 6.04 Å². The topological polar surface area (TPSA) is 40.7 Å². The van der Waals surface area contributed by atoms with Crippen LogP contribution in [0.25, 0.3) is 11.3 Å². The van der Waals surface area contributed by atoms with Crippen LogP contribution in [0.4, 0.5) is 5.69 Å². The molecule has 0 unspecified atom stereocenters. The molecule has 1 aromatic heterocycles. The lowest BCUT2D eigenvalue weighted by Gasteiger charge is -2.13. The molecular formula is C18H17N3. The number of rotatable bonds is 3. The second-order valence-electron chi connectivity index (χ2n) is 5.57. The number of aromatic nitrogens is 2. The van der Waals surface area contributed by atoms with E-state index < -0.39 is 0 Å². The molecule has 2 N–H and O–H groups in total. The van der Waals surface area contributed by atoms with Crippen LogP contribution in [0.2, 0.25) is 0 Å². The maximum Gasteiger partial charge on any atom is 0.0650 e. The van der Waals surface area contributed by atoms with Gasteiger partial charge in [0.2, 0.25) is 0 Å². The molecule has 3 nitrogen and oxygen atoms in total. The molecule has 0 radical (unpaired) electrons. The van der Waals surface area contributed by atoms with Gasteiger partial charge >= 0.3 is 0 Å². The number of aromatic amines is 1. The highest BCUT2D eigenvalue weighted by molar-refractivity contribution is 5.62. The van der Waals surface area contributed by atoms with Crippen molar-refractivity contribution >= 4 is 5.69 Å². The zero-order valence-corrected chi connectivity index (χ0v) is 11.7. The van der Waals surface area contributed by atoms with E-state index >= 15 is 0 Å². The second kappa shape index (κ2) is 5.09. The van der Waals surface area contributed by atoms with Gasteiger partial charge in [0, 0.05) is 17.9 Å². The highest BCUT2D eigenvalue weighted by Crippen LogP contribution is 2.25. The monoisotopic (exact) mass is 275 g/mol. The van der Waals surface area contributed by atoms with E-state index in [1.54, 1.807) is 6.20 Å². The van der Waals surface area contributed by atoms with Crippen molar-refractivity contribution in [2.24, 2.45) is 0 Å². The summed E-state index contributed by atoms with van der Waals surface area (Å²) < 4.78 is 0. The Morgan fingerprint density at radius 2 is 1.62 bits per heavy atom. The Balaban J connectivity index is 1.47. The molecule has 0 atom stereocenters. The van der Waals surface area contributed by atoms with Gasteiger partial charge in [0.25, 0.3) is 0 Å². The number of fused-ring (bicyclic) bond motifs is 1. The number of nitrogens with one attached hydrogen (secondary N) is 2. The Morgan fingerprint density at radius 3 is 2.24 bits per heavy atom. The molecule has 0 amide bonds. The minimum atomic E-state index is 0.500. The second-order valence-corrected chi connectivity index (χ2v) is 5.57. The fourth-order valence-corrected chi connectivity index (χ4v) is 3.06. The molecule has 1 aliphatic carbocycles. The largest absolute Gasteiger partial charge is 0.382 e. The minimum absolute atomic E-state index is 0.500. The Labute approximate surface area is 124 Å². The van der Waals surface area contributed by atoms with Gasteiger partial charge in [-0.2, -0.15) is 5.10 Å². The molecule has 0 aliphatic heterocycles. The highest BCUT2D eigenvalue weighted by Gasteiger charge is 2.20. The number of benzene rings is 2. The van der Waals surface area contributed by atoms with E-state index in [9.17, 15) is 0 Å². The van der Waals surface area contributed by atoms with Crippen LogP contribution in [0.5, 0.6) is 0 Å². The van der Waals surface area contributed by atoms with Crippen molar-refractivity contribution in [2.45, 2.75) is 18.9 Å². The standard InChI is InChI=1S/C18H17N3/c1-2-4-15-12-17(11-14(15)3-1)20-16-7-5-13(6-8-16)18-9-10-19-21-18/h1-10,17,20H,11-12H2,(H,19,21). The summed E-state index contributed by atoms with van der Waals surface area (Å²) in [4.78, 5) is 0. The fourth-order valence-electron chi connectivity index (χ4n) is 3.06. The van der Waals surface area contributed by atoms with Crippen LogP contribution < -0.4 is 5.32 Å². The van der Waals surface area contributed by atoms with Gasteiger partial charge in [-0.15, -0.1) is 0 Å². The predicted octanol–water partition coefficient (Wildman–Crippen LogP) is 3.66. The van der Waals surface area contributed by atoms with Crippen LogP contribution in [0.1, 0.15) is 11.1 Å². The molecule has 21 heavy (non-hydrogen) atoms. The van der Waals surface area contributed by atoms with Crippen molar-refractivity contribution in [1.29, 1.82) is 0 Å². The molecule has 0 bridgehead atoms. The number of anilines is 1. The zero-order chi connectivity index (χ0) is 14.1. The summed E-state index contributed by atoms with van der Waals surface area (Å²) in [5.41, 5.74) is 6.34. The van der Waals surface area contributed by atoms with Gasteiger partial charge in [-0.3, -0.25) is 5.10 Å². The molecule has 1 aliphatic rings. The maximum atomic E-state index is 3.99. The molecule has 4 rings (SSSR count). The lowest BCUT2D eigenvalue weighted by atomic mass is 10.1. The third-order valence-electron chi connectivity index (χ3n) is 4.12. The third kappa shape index (κ3) is 2.42. The Kier molecular flexibility index (Phi) is 2.96. The number of nitrogens with zero attached hydrogens (tertiary/aromatic N) is 1. The van der Waals surface area contributed by atoms with Crippen LogP contribution in [0.15, 0.2) is 60.8 Å². The molecule has 3 heteroatoms. The third-order valence-corrected chi connectivity index (χ3v) is 4.12. The molecule has 104 valence electrons. The van der Waals surface area contributed by atoms with Crippen molar-refractivity contribution in [3.8, 4) is 11.3 Å². The number of hydrogen-bond donors (Lipinski definition) is 2. The summed E-state index contributed by atoms with van der Waals surface area (Å²) >= 11 is 0. The van der Waals surface area contributed by atoms with Gasteiger partial charge in [-0.1, -0.05) is 36.4 Å². The minimum Gasteiger partial charge on any atom is -0.382 e. The number of H-pyrrole nitrogens is 1. The van der Waals surface area contributed by atoms with Gasteiger partial charge < -0.3 is 5.32 Å². The van der Waals surface area contributed by atoms with Crippen LogP contribution in [-0.2, 0) is 12.8 Å². The first-order valence-electron chi connectivity index (χ1n) is 7.31. The van der Waals surface area contributed by atoms with Crippen LogP contribution in [0, 0.1) is 0 Å². The van der Waals surface area contributed by atoms with Crippen LogP contribution in [0.3, 0.4) is 0 Å². The Morgan fingerprint density at radius 1 is 0.905 bits per heavy atom. The van der Waals surface area contributed by atoms with Gasteiger partial charge in [0.15, 0.2) is 0 Å². The van der Waals surface area contributed by atoms with E-state index in [-0.39, 0.29) is 0 Å². The van der Waals surface area contributed by atoms with E-state index in [4.69, 9.17) is 0 Å². The molecule has 3 aromatic rings. The van der Waals surface area contributed by atoms with Gasteiger partial charge in [-0.05, 0) is 47.7 Å². The van der Waals surface area contributed by atoms with Crippen molar-refractivity contribution in [3.63, 3.8) is 0 Å². The smallest absolute Gasteiger partial charge is 0.0650 e. The average molecular weight is 275 g/mol. The molecule has 0 spiro atoms. The first-order chi connectivity index (χ1) is 10.4. The summed E-state index contributed by atoms with van der Waals surface area (Å²) in [7, 11) is 0. The SMILES string of the molecule is c1ccc2c(c1)CC(Nc1ccc(-c3ccn[nH]3)cc1)C2. The first-order valence-corrected chi connectivity index (χ1v) is 7.31. The summed E-state index contributed by atoms with van der Waals surface area (Å²) in [6.07, 6.45) is 3.99. The molecule has 2 aromatic carbocycles. The summed E-state index contributed by atoms with van der Waals surface area (Å²) in [5, 5.41) is 10.6. The molecular weight excluding hydrogens is 258 g/mol. The Bertz CT molecular complexity index is 704. The van der Waals surface area contributed by atoms with Crippen molar-refractivity contribution in [2.75, 3.05) is 5.32 Å². The van der Waals surface area contributed by atoms with Crippen molar-refractivity contribution in [1.82, 2.24) is 10.2 Å². The van der Waals surface area contributed by atoms with E-state index in [2.05, 4.69) is 64.0 Å². The molecule has 0 saturated heterocycles. The summed E-state index contributed by atoms with van der Waals surface area (Å²) in [6.45, 7) is 0. The van der Waals surface area contributed by atoms with E-state index in [0.717, 1.165) is 24.1 Å². The number of hydrogen-bond acceptors (Lipinski definition) is 2. The van der Waals surface area contributed by atoms with E-state index in [1.807, 2.05) is 6.07 Å². The lowest BCUT2D eigenvalue weighted by molar-refractivity contribution is 0.774. The van der Waals surface area contributed by atoms with Crippen LogP contribution >= 0.6 is 0 Å². The maximum absolute atomic E-state index is 3.99. The highest BCUT2D eigenvalue weighted by atomic mass is 15.1.